The van der Waals surface area contributed by atoms with Gasteiger partial charge in [0.25, 0.3) is 5.91 Å². The molecule has 0 radical (unpaired) electrons. The Morgan fingerprint density at radius 2 is 2.04 bits per heavy atom. The van der Waals surface area contributed by atoms with Crippen molar-refractivity contribution < 1.29 is 9.90 Å². The highest BCUT2D eigenvalue weighted by Crippen LogP contribution is 2.39. The number of β-amino-alcohol motifs (C(OH)–C–C–N with tert-alkyl or cyclic N) is 1. The van der Waals surface area contributed by atoms with Gasteiger partial charge in [0.1, 0.15) is 5.69 Å². The number of nitrogens with zero attached hydrogens (tertiary/aromatic N) is 4. The normalized spacial score (nSPS) is 26.3. The number of benzene rings is 1. The SMILES string of the molecule is O=C(c1cnccn1)N1CC[C@@]2(CCCN2Cc2ccccc2)[C@@H](O)C1. The molecule has 0 bridgehead atoms. The Labute approximate surface area is 153 Å². The van der Waals surface area contributed by atoms with Crippen molar-refractivity contribution in [3.8, 4) is 0 Å². The predicted molar refractivity (Wildman–Crippen MR) is 97.4 cm³/mol. The molecule has 2 fully saturated rings. The summed E-state index contributed by atoms with van der Waals surface area (Å²) in [4.78, 5) is 24.8. The summed E-state index contributed by atoms with van der Waals surface area (Å²) in [7, 11) is 0. The Morgan fingerprint density at radius 3 is 2.77 bits per heavy atom. The predicted octanol–water partition coefficient (Wildman–Crippen LogP) is 1.72. The van der Waals surface area contributed by atoms with E-state index in [0.29, 0.717) is 18.8 Å². The first-order valence-electron chi connectivity index (χ1n) is 9.21. The molecule has 3 heterocycles. The third-order valence-corrected chi connectivity index (χ3v) is 5.78. The average molecular weight is 352 g/mol. The first-order chi connectivity index (χ1) is 12.7. The van der Waals surface area contributed by atoms with E-state index >= 15 is 0 Å². The van der Waals surface area contributed by atoms with Crippen molar-refractivity contribution in [2.75, 3.05) is 19.6 Å². The summed E-state index contributed by atoms with van der Waals surface area (Å²) in [5.41, 5.74) is 1.37. The second-order valence-corrected chi connectivity index (χ2v) is 7.22. The number of likely N-dealkylation sites (tertiary alicyclic amines) is 2. The number of aliphatic hydroxyl groups excluding tert-OH is 1. The zero-order valence-corrected chi connectivity index (χ0v) is 14.8. The highest BCUT2D eigenvalue weighted by molar-refractivity contribution is 5.92. The third-order valence-electron chi connectivity index (χ3n) is 5.78. The number of amides is 1. The van der Waals surface area contributed by atoms with Gasteiger partial charge in [-0.2, -0.15) is 0 Å². The van der Waals surface area contributed by atoms with E-state index in [1.807, 2.05) is 6.07 Å². The van der Waals surface area contributed by atoms with Crippen molar-refractivity contribution in [3.63, 3.8) is 0 Å². The molecule has 2 atom stereocenters. The summed E-state index contributed by atoms with van der Waals surface area (Å²) in [5, 5.41) is 11.0. The van der Waals surface area contributed by atoms with E-state index in [-0.39, 0.29) is 11.4 Å². The minimum Gasteiger partial charge on any atom is -0.389 e. The van der Waals surface area contributed by atoms with E-state index in [1.54, 1.807) is 11.1 Å². The van der Waals surface area contributed by atoms with Gasteiger partial charge in [0.2, 0.25) is 0 Å². The number of rotatable bonds is 3. The van der Waals surface area contributed by atoms with Gasteiger partial charge in [-0.15, -0.1) is 0 Å². The molecule has 1 spiro atoms. The molecule has 6 heteroatoms. The van der Waals surface area contributed by atoms with Crippen LogP contribution in [0.4, 0.5) is 0 Å². The van der Waals surface area contributed by atoms with Crippen LogP contribution >= 0.6 is 0 Å². The van der Waals surface area contributed by atoms with Crippen LogP contribution in [0.1, 0.15) is 35.3 Å². The van der Waals surface area contributed by atoms with Crippen LogP contribution in [-0.4, -0.2) is 62.1 Å². The first kappa shape index (κ1) is 17.1. The van der Waals surface area contributed by atoms with E-state index in [2.05, 4.69) is 39.1 Å². The van der Waals surface area contributed by atoms with Gasteiger partial charge in [0.05, 0.1) is 17.8 Å². The Hall–Kier alpha value is -2.31. The molecule has 2 aliphatic heterocycles. The number of carbonyl (C=O) groups excluding carboxylic acids is 1. The molecule has 26 heavy (non-hydrogen) atoms. The van der Waals surface area contributed by atoms with Crippen LogP contribution < -0.4 is 0 Å². The molecule has 0 aliphatic carbocycles. The Bertz CT molecular complexity index is 755. The molecule has 2 aliphatic rings. The lowest BCUT2D eigenvalue weighted by atomic mass is 9.82. The molecule has 0 unspecified atom stereocenters. The van der Waals surface area contributed by atoms with E-state index in [1.165, 1.54) is 18.0 Å². The summed E-state index contributed by atoms with van der Waals surface area (Å²) >= 11 is 0. The largest absolute Gasteiger partial charge is 0.389 e. The van der Waals surface area contributed by atoms with Crippen LogP contribution in [0.2, 0.25) is 0 Å². The van der Waals surface area contributed by atoms with Gasteiger partial charge in [-0.1, -0.05) is 30.3 Å². The minimum atomic E-state index is -0.553. The van der Waals surface area contributed by atoms with E-state index in [4.69, 9.17) is 0 Å². The Kier molecular flexibility index (Phi) is 4.70. The van der Waals surface area contributed by atoms with Gasteiger partial charge in [-0.3, -0.25) is 14.7 Å². The summed E-state index contributed by atoms with van der Waals surface area (Å²) in [5.74, 6) is -0.153. The molecule has 1 N–H and O–H groups in total. The van der Waals surface area contributed by atoms with Crippen LogP contribution in [0.5, 0.6) is 0 Å². The fourth-order valence-electron chi connectivity index (χ4n) is 4.38. The van der Waals surface area contributed by atoms with Gasteiger partial charge >= 0.3 is 0 Å². The molecule has 4 rings (SSSR count). The van der Waals surface area contributed by atoms with Crippen molar-refractivity contribution in [2.45, 2.75) is 37.5 Å². The van der Waals surface area contributed by atoms with Crippen LogP contribution in [0.25, 0.3) is 0 Å². The van der Waals surface area contributed by atoms with E-state index in [0.717, 1.165) is 32.4 Å². The van der Waals surface area contributed by atoms with Crippen molar-refractivity contribution in [2.24, 2.45) is 0 Å². The zero-order valence-electron chi connectivity index (χ0n) is 14.8. The summed E-state index contributed by atoms with van der Waals surface area (Å²) < 4.78 is 0. The summed E-state index contributed by atoms with van der Waals surface area (Å²) in [6.45, 7) is 2.82. The molecular formula is C20H24N4O2. The van der Waals surface area contributed by atoms with E-state index in [9.17, 15) is 9.90 Å². The fourth-order valence-corrected chi connectivity index (χ4v) is 4.38. The zero-order chi connectivity index (χ0) is 18.0. The molecule has 1 amide bonds. The third kappa shape index (κ3) is 3.10. The highest BCUT2D eigenvalue weighted by atomic mass is 16.3. The molecule has 2 aromatic rings. The van der Waals surface area contributed by atoms with Crippen molar-refractivity contribution in [1.29, 1.82) is 0 Å². The molecule has 6 nitrogen and oxygen atoms in total. The first-order valence-corrected chi connectivity index (χ1v) is 9.21. The lowest BCUT2D eigenvalue weighted by Crippen LogP contribution is -2.62. The fraction of sp³-hybridized carbons (Fsp3) is 0.450. The smallest absolute Gasteiger partial charge is 0.274 e. The van der Waals surface area contributed by atoms with Gasteiger partial charge < -0.3 is 10.0 Å². The number of aliphatic hydroxyl groups is 1. The lowest BCUT2D eigenvalue weighted by molar-refractivity contribution is -0.0597. The highest BCUT2D eigenvalue weighted by Gasteiger charge is 2.49. The monoisotopic (exact) mass is 352 g/mol. The maximum atomic E-state index is 12.6. The minimum absolute atomic E-state index is 0.153. The Balaban J connectivity index is 1.48. The quantitative estimate of drug-likeness (QED) is 0.911. The molecule has 1 aromatic carbocycles. The van der Waals surface area contributed by atoms with Crippen LogP contribution in [0.3, 0.4) is 0 Å². The van der Waals surface area contributed by atoms with Crippen LogP contribution in [0, 0.1) is 0 Å². The standard InChI is InChI=1S/C20H24N4O2/c25-18-15-23(19(26)17-13-21-9-10-22-17)12-8-20(18)7-4-11-24(20)14-16-5-2-1-3-6-16/h1-3,5-6,9-10,13,18,25H,4,7-8,11-12,14-15H2/t18-,20-/m0/s1. The molecular weight excluding hydrogens is 328 g/mol. The number of aromatic nitrogens is 2. The van der Waals surface area contributed by atoms with Gasteiger partial charge in [-0.25, -0.2) is 4.98 Å². The number of hydrogen-bond acceptors (Lipinski definition) is 5. The maximum absolute atomic E-state index is 12.6. The van der Waals surface area contributed by atoms with Crippen molar-refractivity contribution in [3.05, 3.63) is 60.2 Å². The second-order valence-electron chi connectivity index (χ2n) is 7.22. The van der Waals surface area contributed by atoms with Crippen molar-refractivity contribution in [1.82, 2.24) is 19.8 Å². The number of hydrogen-bond donors (Lipinski definition) is 1. The molecule has 136 valence electrons. The molecule has 1 aromatic heterocycles. The van der Waals surface area contributed by atoms with Crippen molar-refractivity contribution >= 4 is 5.91 Å². The van der Waals surface area contributed by atoms with Crippen LogP contribution in [0.15, 0.2) is 48.9 Å². The Morgan fingerprint density at radius 1 is 1.19 bits per heavy atom. The lowest BCUT2D eigenvalue weighted by Gasteiger charge is -2.48. The topological polar surface area (TPSA) is 69.6 Å². The second kappa shape index (κ2) is 7.13. The van der Waals surface area contributed by atoms with Gasteiger partial charge in [0, 0.05) is 32.0 Å². The van der Waals surface area contributed by atoms with E-state index < -0.39 is 6.10 Å². The maximum Gasteiger partial charge on any atom is 0.274 e. The van der Waals surface area contributed by atoms with Gasteiger partial charge in [0.15, 0.2) is 0 Å². The summed E-state index contributed by atoms with van der Waals surface area (Å²) in [6, 6.07) is 10.4. The number of piperidine rings is 1. The summed E-state index contributed by atoms with van der Waals surface area (Å²) in [6.07, 6.45) is 6.85. The molecule has 2 saturated heterocycles. The van der Waals surface area contributed by atoms with Gasteiger partial charge in [-0.05, 0) is 31.4 Å². The van der Waals surface area contributed by atoms with Crippen LogP contribution in [-0.2, 0) is 6.54 Å². The molecule has 0 saturated carbocycles. The number of carbonyl (C=O) groups is 1. The average Bonchev–Trinajstić information content (AvgIpc) is 3.08.